The van der Waals surface area contributed by atoms with Crippen LogP contribution in [0.2, 0.25) is 0 Å². The van der Waals surface area contributed by atoms with Gasteiger partial charge in [0.1, 0.15) is 0 Å². The van der Waals surface area contributed by atoms with E-state index in [2.05, 4.69) is 0 Å². The van der Waals surface area contributed by atoms with Gasteiger partial charge in [-0.25, -0.2) is 0 Å². The van der Waals surface area contributed by atoms with Gasteiger partial charge in [0.05, 0.1) is 5.57 Å². The lowest BCUT2D eigenvalue weighted by molar-refractivity contribution is -0.121. The normalized spacial score (nSPS) is 16.3. The van der Waals surface area contributed by atoms with Crippen LogP contribution in [0.25, 0.3) is 0 Å². The number of ketones is 3. The van der Waals surface area contributed by atoms with Crippen LogP contribution in [0.15, 0.2) is 11.1 Å². The van der Waals surface area contributed by atoms with E-state index in [0.29, 0.717) is 31.3 Å². The van der Waals surface area contributed by atoms with E-state index in [-0.39, 0.29) is 22.9 Å². The molecule has 3 nitrogen and oxygen atoms in total. The molecule has 0 radical (unpaired) electrons. The minimum atomic E-state index is -0.190. The van der Waals surface area contributed by atoms with Crippen LogP contribution in [0, 0.1) is 0 Å². The molecule has 0 N–H and O–H groups in total. The molecule has 0 amide bonds. The maximum Gasteiger partial charge on any atom is 0.167 e. The van der Waals surface area contributed by atoms with Gasteiger partial charge in [-0.1, -0.05) is 13.8 Å². The number of carbonyl (C=O) groups is 3. The molecular formula is C11H14O3. The predicted octanol–water partition coefficient (Wildman–Crippen LogP) is 1.60. The van der Waals surface area contributed by atoms with Crippen molar-refractivity contribution < 1.29 is 14.4 Å². The number of Topliss-reactive ketones (excluding diaryl/α,β-unsaturated/α-hetero) is 3. The number of allylic oxidation sites excluding steroid dienone is 2. The van der Waals surface area contributed by atoms with Gasteiger partial charge < -0.3 is 0 Å². The summed E-state index contributed by atoms with van der Waals surface area (Å²) in [7, 11) is 0. The molecule has 0 unspecified atom stereocenters. The molecule has 1 aliphatic carbocycles. The SMILES string of the molecule is CCC(=O)C1=C(C(=O)CC)C(=O)CC1. The molecule has 76 valence electrons. The molecule has 14 heavy (non-hydrogen) atoms. The summed E-state index contributed by atoms with van der Waals surface area (Å²) in [6.45, 7) is 3.45. The quantitative estimate of drug-likeness (QED) is 0.639. The lowest BCUT2D eigenvalue weighted by Crippen LogP contribution is -2.11. The average Bonchev–Trinajstić information content (AvgIpc) is 2.58. The first kappa shape index (κ1) is 10.8. The second-order valence-corrected chi connectivity index (χ2v) is 3.33. The Labute approximate surface area is 83.2 Å². The first-order valence-electron chi connectivity index (χ1n) is 4.94. The zero-order chi connectivity index (χ0) is 10.7. The van der Waals surface area contributed by atoms with E-state index >= 15 is 0 Å². The van der Waals surface area contributed by atoms with Crippen molar-refractivity contribution in [3.63, 3.8) is 0 Å². The van der Waals surface area contributed by atoms with Gasteiger partial charge in [0, 0.05) is 24.8 Å². The third kappa shape index (κ3) is 1.81. The summed E-state index contributed by atoms with van der Waals surface area (Å²) in [5.41, 5.74) is 0.642. The van der Waals surface area contributed by atoms with Crippen molar-refractivity contribution in [2.24, 2.45) is 0 Å². The highest BCUT2D eigenvalue weighted by Gasteiger charge is 2.30. The summed E-state index contributed by atoms with van der Waals surface area (Å²) >= 11 is 0. The van der Waals surface area contributed by atoms with E-state index in [9.17, 15) is 14.4 Å². The van der Waals surface area contributed by atoms with Crippen molar-refractivity contribution >= 4 is 17.3 Å². The number of rotatable bonds is 4. The van der Waals surface area contributed by atoms with Crippen LogP contribution in [0.4, 0.5) is 0 Å². The minimum Gasteiger partial charge on any atom is -0.295 e. The highest BCUT2D eigenvalue weighted by Crippen LogP contribution is 2.25. The van der Waals surface area contributed by atoms with Gasteiger partial charge in [-0.05, 0) is 6.42 Å². The van der Waals surface area contributed by atoms with E-state index < -0.39 is 0 Å². The molecule has 0 spiro atoms. The Balaban J connectivity index is 3.08. The monoisotopic (exact) mass is 194 g/mol. The molecule has 0 aliphatic heterocycles. The van der Waals surface area contributed by atoms with Crippen molar-refractivity contribution in [1.29, 1.82) is 0 Å². The fourth-order valence-electron chi connectivity index (χ4n) is 1.65. The van der Waals surface area contributed by atoms with Crippen LogP contribution in [-0.4, -0.2) is 17.3 Å². The Bertz CT molecular complexity index is 323. The van der Waals surface area contributed by atoms with Gasteiger partial charge in [0.2, 0.25) is 0 Å². The van der Waals surface area contributed by atoms with E-state index in [1.807, 2.05) is 0 Å². The third-order valence-corrected chi connectivity index (χ3v) is 2.44. The molecule has 0 aromatic rings. The van der Waals surface area contributed by atoms with Crippen LogP contribution < -0.4 is 0 Å². The van der Waals surface area contributed by atoms with Crippen molar-refractivity contribution in [3.8, 4) is 0 Å². The topological polar surface area (TPSA) is 51.2 Å². The summed E-state index contributed by atoms with van der Waals surface area (Å²) < 4.78 is 0. The summed E-state index contributed by atoms with van der Waals surface area (Å²) in [4.78, 5) is 34.2. The number of carbonyl (C=O) groups excluding carboxylic acids is 3. The largest absolute Gasteiger partial charge is 0.295 e. The number of hydrogen-bond acceptors (Lipinski definition) is 3. The summed E-state index contributed by atoms with van der Waals surface area (Å²) in [5.74, 6) is -0.411. The molecule has 0 saturated carbocycles. The first-order chi connectivity index (χ1) is 6.61. The molecule has 0 fully saturated rings. The van der Waals surface area contributed by atoms with Gasteiger partial charge in [0.15, 0.2) is 17.3 Å². The van der Waals surface area contributed by atoms with Crippen molar-refractivity contribution in [1.82, 2.24) is 0 Å². The van der Waals surface area contributed by atoms with Crippen LogP contribution >= 0.6 is 0 Å². The van der Waals surface area contributed by atoms with Crippen molar-refractivity contribution in [3.05, 3.63) is 11.1 Å². The van der Waals surface area contributed by atoms with Gasteiger partial charge in [-0.2, -0.15) is 0 Å². The Morgan fingerprint density at radius 3 is 2.14 bits per heavy atom. The molecule has 0 saturated heterocycles. The fraction of sp³-hybridized carbons (Fsp3) is 0.545. The standard InChI is InChI=1S/C11H14O3/c1-3-8(12)7-5-6-10(14)11(7)9(13)4-2/h3-6H2,1-2H3. The second kappa shape index (κ2) is 4.31. The number of hydrogen-bond donors (Lipinski definition) is 0. The molecule has 0 bridgehead atoms. The zero-order valence-electron chi connectivity index (χ0n) is 8.55. The van der Waals surface area contributed by atoms with Gasteiger partial charge in [0.25, 0.3) is 0 Å². The summed E-state index contributed by atoms with van der Waals surface area (Å²) in [5, 5.41) is 0. The maximum absolute atomic E-state index is 11.4. The molecule has 1 rings (SSSR count). The van der Waals surface area contributed by atoms with E-state index in [1.54, 1.807) is 13.8 Å². The van der Waals surface area contributed by atoms with E-state index in [0.717, 1.165) is 0 Å². The molecule has 0 atom stereocenters. The molecule has 1 aliphatic rings. The lowest BCUT2D eigenvalue weighted by Gasteiger charge is -2.01. The predicted molar refractivity (Wildman–Crippen MR) is 51.9 cm³/mol. The highest BCUT2D eigenvalue weighted by atomic mass is 16.2. The second-order valence-electron chi connectivity index (χ2n) is 3.33. The van der Waals surface area contributed by atoms with Crippen molar-refractivity contribution in [2.45, 2.75) is 39.5 Å². The minimum absolute atomic E-state index is 0.0624. The van der Waals surface area contributed by atoms with Crippen LogP contribution in [0.1, 0.15) is 39.5 Å². The highest BCUT2D eigenvalue weighted by molar-refractivity contribution is 6.26. The maximum atomic E-state index is 11.4. The van der Waals surface area contributed by atoms with Crippen LogP contribution in [-0.2, 0) is 14.4 Å². The van der Waals surface area contributed by atoms with E-state index in [1.165, 1.54) is 0 Å². The first-order valence-corrected chi connectivity index (χ1v) is 4.94. The third-order valence-electron chi connectivity index (χ3n) is 2.44. The lowest BCUT2D eigenvalue weighted by atomic mass is 10.0. The molecule has 0 heterocycles. The van der Waals surface area contributed by atoms with Gasteiger partial charge >= 0.3 is 0 Å². The average molecular weight is 194 g/mol. The Kier molecular flexibility index (Phi) is 3.33. The molecule has 0 aromatic carbocycles. The Morgan fingerprint density at radius 1 is 1.07 bits per heavy atom. The molecule has 3 heteroatoms. The van der Waals surface area contributed by atoms with Gasteiger partial charge in [-0.3, -0.25) is 14.4 Å². The van der Waals surface area contributed by atoms with Crippen LogP contribution in [0.3, 0.4) is 0 Å². The molecular weight excluding hydrogens is 180 g/mol. The molecule has 0 aromatic heterocycles. The smallest absolute Gasteiger partial charge is 0.167 e. The van der Waals surface area contributed by atoms with E-state index in [4.69, 9.17) is 0 Å². The summed E-state index contributed by atoms with van der Waals surface area (Å²) in [6.07, 6.45) is 1.43. The zero-order valence-corrected chi connectivity index (χ0v) is 8.55. The van der Waals surface area contributed by atoms with Crippen molar-refractivity contribution in [2.75, 3.05) is 0 Å². The Hall–Kier alpha value is -1.25. The summed E-state index contributed by atoms with van der Waals surface area (Å²) in [6, 6.07) is 0. The Morgan fingerprint density at radius 2 is 1.64 bits per heavy atom. The fourth-order valence-corrected chi connectivity index (χ4v) is 1.65. The van der Waals surface area contributed by atoms with Gasteiger partial charge in [-0.15, -0.1) is 0 Å². The van der Waals surface area contributed by atoms with Crippen LogP contribution in [0.5, 0.6) is 0 Å².